The maximum atomic E-state index is 14.7. The van der Waals surface area contributed by atoms with Crippen molar-refractivity contribution in [3.63, 3.8) is 0 Å². The van der Waals surface area contributed by atoms with Crippen molar-refractivity contribution in [1.82, 2.24) is 10.2 Å². The Morgan fingerprint density at radius 1 is 1.15 bits per heavy atom. The van der Waals surface area contributed by atoms with Crippen LogP contribution in [-0.4, -0.2) is 96.4 Å². The minimum atomic E-state index is -1.24. The van der Waals surface area contributed by atoms with Crippen LogP contribution >= 0.6 is 0 Å². The zero-order valence-corrected chi connectivity index (χ0v) is 27.7. The summed E-state index contributed by atoms with van der Waals surface area (Å²) < 4.78 is 12.3. The van der Waals surface area contributed by atoms with E-state index in [9.17, 15) is 24.3 Å². The Kier molecular flexibility index (Phi) is 11.7. The summed E-state index contributed by atoms with van der Waals surface area (Å²) in [6.45, 7) is 16.9. The van der Waals surface area contributed by atoms with Gasteiger partial charge in [-0.25, -0.2) is 0 Å². The maximum absolute atomic E-state index is 14.7. The van der Waals surface area contributed by atoms with Crippen LogP contribution in [0.1, 0.15) is 59.8 Å². The number of aliphatic hydroxyl groups is 1. The lowest BCUT2D eigenvalue weighted by Gasteiger charge is -2.39. The predicted molar refractivity (Wildman–Crippen MR) is 176 cm³/mol. The molecule has 2 N–H and O–H groups in total. The number of nitrogens with zero attached hydrogens (tertiary/aromatic N) is 3. The van der Waals surface area contributed by atoms with Gasteiger partial charge in [0.25, 0.3) is 5.91 Å². The molecule has 3 fully saturated rings. The molecule has 7 atom stereocenters. The fraction of sp³-hybridized carbons (Fsp3) is 0.600. The fourth-order valence-corrected chi connectivity index (χ4v) is 7.37. The Bertz CT molecular complexity index is 1280. The van der Waals surface area contributed by atoms with E-state index in [1.807, 2.05) is 31.2 Å². The molecule has 11 heteroatoms. The Hall–Kier alpha value is -3.70. The number of benzene rings is 1. The van der Waals surface area contributed by atoms with E-state index >= 15 is 0 Å². The Balaban J connectivity index is 1.64. The zero-order chi connectivity index (χ0) is 33.6. The number of rotatable bonds is 17. The number of likely N-dealkylation sites (tertiary alicyclic amines) is 1. The van der Waals surface area contributed by atoms with Gasteiger partial charge in [-0.05, 0) is 70.7 Å². The summed E-state index contributed by atoms with van der Waals surface area (Å²) in [5.74, 6) is -3.32. The number of allylic oxidation sites excluding steroid dienone is 1. The van der Waals surface area contributed by atoms with Gasteiger partial charge in [-0.2, -0.15) is 0 Å². The Labute approximate surface area is 272 Å². The first-order valence-corrected chi connectivity index (χ1v) is 16.6. The van der Waals surface area contributed by atoms with Gasteiger partial charge >= 0.3 is 5.97 Å². The molecule has 1 aromatic carbocycles. The summed E-state index contributed by atoms with van der Waals surface area (Å²) in [5, 5.41) is 13.1. The SMILES string of the molecule is C=CCCC(=O)NC[C@H](C)OC(=O)[C@@H]1[C@@H]2CC[C@]3(O2)[C@H](C(=O)N(CC=C)c2ccc(N(CC)CC)cc2)N([C@@H](CC)CO)C(=O)[C@@H]13. The number of carbonyl (C=O) groups is 4. The molecule has 252 valence electrons. The van der Waals surface area contributed by atoms with Crippen LogP contribution in [0.5, 0.6) is 0 Å². The number of ether oxygens (including phenoxy) is 2. The monoisotopic (exact) mass is 638 g/mol. The molecule has 1 aromatic rings. The van der Waals surface area contributed by atoms with E-state index in [0.29, 0.717) is 37.8 Å². The van der Waals surface area contributed by atoms with E-state index in [4.69, 9.17) is 9.47 Å². The van der Waals surface area contributed by atoms with Crippen molar-refractivity contribution in [3.8, 4) is 0 Å². The van der Waals surface area contributed by atoms with Gasteiger partial charge in [0.15, 0.2) is 0 Å². The van der Waals surface area contributed by atoms with Crippen LogP contribution < -0.4 is 15.1 Å². The van der Waals surface area contributed by atoms with E-state index in [0.717, 1.165) is 18.8 Å². The largest absolute Gasteiger partial charge is 0.460 e. The second-order valence-electron chi connectivity index (χ2n) is 12.4. The first-order valence-electron chi connectivity index (χ1n) is 16.6. The van der Waals surface area contributed by atoms with Crippen LogP contribution in [0, 0.1) is 11.8 Å². The number of esters is 1. The highest BCUT2D eigenvalue weighted by molar-refractivity contribution is 6.05. The second-order valence-corrected chi connectivity index (χ2v) is 12.4. The molecule has 11 nitrogen and oxygen atoms in total. The molecule has 46 heavy (non-hydrogen) atoms. The average Bonchev–Trinajstić information content (AvgIpc) is 3.70. The topological polar surface area (TPSA) is 129 Å². The summed E-state index contributed by atoms with van der Waals surface area (Å²) in [6, 6.07) is 6.04. The van der Waals surface area contributed by atoms with Gasteiger partial charge in [0.05, 0.1) is 37.1 Å². The molecule has 3 saturated heterocycles. The predicted octanol–water partition coefficient (Wildman–Crippen LogP) is 3.21. The molecule has 3 heterocycles. The van der Waals surface area contributed by atoms with Crippen molar-refractivity contribution in [1.29, 1.82) is 0 Å². The first kappa shape index (κ1) is 35.2. The molecule has 3 aliphatic rings. The van der Waals surface area contributed by atoms with E-state index in [-0.39, 0.29) is 37.4 Å². The number of aliphatic hydroxyl groups excluding tert-OH is 1. The van der Waals surface area contributed by atoms with Crippen LogP contribution in [-0.2, 0) is 28.7 Å². The summed E-state index contributed by atoms with van der Waals surface area (Å²) in [4.78, 5) is 60.0. The molecule has 1 spiro atoms. The lowest BCUT2D eigenvalue weighted by Crippen LogP contribution is -2.59. The smallest absolute Gasteiger partial charge is 0.312 e. The van der Waals surface area contributed by atoms with E-state index in [2.05, 4.69) is 37.2 Å². The van der Waals surface area contributed by atoms with E-state index < -0.39 is 47.7 Å². The normalized spacial score (nSPS) is 25.8. The summed E-state index contributed by atoms with van der Waals surface area (Å²) in [6.07, 6.45) is 4.24. The number of hydrogen-bond donors (Lipinski definition) is 2. The number of nitrogens with one attached hydrogen (secondary N) is 1. The van der Waals surface area contributed by atoms with Crippen molar-refractivity contribution in [2.24, 2.45) is 11.8 Å². The summed E-state index contributed by atoms with van der Waals surface area (Å²) in [7, 11) is 0. The molecule has 0 aliphatic carbocycles. The van der Waals surface area contributed by atoms with Crippen LogP contribution in [0.2, 0.25) is 0 Å². The van der Waals surface area contributed by atoms with Gasteiger partial charge < -0.3 is 34.6 Å². The number of anilines is 2. The summed E-state index contributed by atoms with van der Waals surface area (Å²) in [5.41, 5.74) is 0.443. The van der Waals surface area contributed by atoms with Crippen LogP contribution in [0.25, 0.3) is 0 Å². The van der Waals surface area contributed by atoms with Gasteiger partial charge in [0.1, 0.15) is 17.7 Å². The third-order valence-electron chi connectivity index (χ3n) is 9.67. The van der Waals surface area contributed by atoms with Crippen LogP contribution in [0.15, 0.2) is 49.6 Å². The molecule has 3 aliphatic heterocycles. The molecule has 0 unspecified atom stereocenters. The molecule has 0 radical (unpaired) electrons. The number of hydrogen-bond acceptors (Lipinski definition) is 8. The minimum Gasteiger partial charge on any atom is -0.460 e. The van der Waals surface area contributed by atoms with Crippen molar-refractivity contribution >= 4 is 35.1 Å². The molecule has 3 amide bonds. The molecule has 2 bridgehead atoms. The van der Waals surface area contributed by atoms with Gasteiger partial charge in [-0.1, -0.05) is 19.1 Å². The second kappa shape index (κ2) is 15.3. The highest BCUT2D eigenvalue weighted by Gasteiger charge is 2.75. The number of fused-ring (bicyclic) bond motifs is 1. The van der Waals surface area contributed by atoms with Crippen LogP contribution in [0.4, 0.5) is 11.4 Å². The maximum Gasteiger partial charge on any atom is 0.312 e. The molecule has 4 rings (SSSR count). The van der Waals surface area contributed by atoms with Crippen molar-refractivity contribution in [2.75, 3.05) is 42.6 Å². The van der Waals surface area contributed by atoms with Gasteiger partial charge in [-0.15, -0.1) is 13.2 Å². The fourth-order valence-electron chi connectivity index (χ4n) is 7.37. The van der Waals surface area contributed by atoms with Crippen molar-refractivity contribution in [3.05, 3.63) is 49.6 Å². The van der Waals surface area contributed by atoms with Gasteiger partial charge in [0.2, 0.25) is 11.8 Å². The van der Waals surface area contributed by atoms with Crippen LogP contribution in [0.3, 0.4) is 0 Å². The lowest BCUT2D eigenvalue weighted by molar-refractivity contribution is -0.159. The lowest BCUT2D eigenvalue weighted by atomic mass is 9.70. The highest BCUT2D eigenvalue weighted by atomic mass is 16.6. The van der Waals surface area contributed by atoms with Gasteiger partial charge in [-0.3, -0.25) is 19.2 Å². The first-order chi connectivity index (χ1) is 22.1. The van der Waals surface area contributed by atoms with E-state index in [1.54, 1.807) is 24.0 Å². The Morgan fingerprint density at radius 3 is 2.41 bits per heavy atom. The molecular weight excluding hydrogens is 588 g/mol. The zero-order valence-electron chi connectivity index (χ0n) is 27.7. The van der Waals surface area contributed by atoms with E-state index in [1.165, 1.54) is 4.90 Å². The molecule has 0 saturated carbocycles. The molecular formula is C35H50N4O7. The quantitative estimate of drug-likeness (QED) is 0.197. The van der Waals surface area contributed by atoms with Crippen molar-refractivity contribution < 1.29 is 33.8 Å². The van der Waals surface area contributed by atoms with Crippen molar-refractivity contribution in [2.45, 2.75) is 89.7 Å². The standard InChI is InChI=1S/C35H50N4O7/c1-7-12-13-28(41)36-21-23(6)45-34(44)29-27-18-19-35(46-27)30(29)32(42)39(24(9-3)22-40)31(35)33(43)38(20-8-2)26-16-14-25(15-17-26)37(10-4)11-5/h7-8,14-17,23-24,27,29-31,40H,1-2,9-13,18-22H2,3-6H3,(H,36,41)/t23-,24-,27-,29+,30+,31-,35+/m0/s1. The highest BCUT2D eigenvalue weighted by Crippen LogP contribution is 2.59. The molecule has 0 aromatic heterocycles. The summed E-state index contributed by atoms with van der Waals surface area (Å²) >= 11 is 0. The number of carbonyl (C=O) groups excluding carboxylic acids is 4. The minimum absolute atomic E-state index is 0.128. The third kappa shape index (κ3) is 6.57. The third-order valence-corrected chi connectivity index (χ3v) is 9.67. The Morgan fingerprint density at radius 2 is 1.83 bits per heavy atom. The number of amides is 3. The van der Waals surface area contributed by atoms with Gasteiger partial charge in [0, 0.05) is 37.4 Å². The average molecular weight is 639 g/mol.